The van der Waals surface area contributed by atoms with E-state index in [1.807, 2.05) is 29.2 Å². The molecule has 0 bridgehead atoms. The predicted molar refractivity (Wildman–Crippen MR) is 122 cm³/mol. The molecule has 1 saturated carbocycles. The molecule has 3 rings (SSSR count). The number of nitrogens with one attached hydrogen (secondary N) is 1. The molecule has 1 aromatic carbocycles. The van der Waals surface area contributed by atoms with Crippen LogP contribution in [0.15, 0.2) is 29.1 Å². The van der Waals surface area contributed by atoms with Crippen molar-refractivity contribution in [3.05, 3.63) is 40.4 Å². The van der Waals surface area contributed by atoms with Gasteiger partial charge in [-0.05, 0) is 43.7 Å². The number of hydrogen-bond acceptors (Lipinski definition) is 3. The number of amides is 2. The Labute approximate surface area is 179 Å². The first kappa shape index (κ1) is 22.3. The summed E-state index contributed by atoms with van der Waals surface area (Å²) in [6.45, 7) is 7.05. The molecule has 1 fully saturated rings. The second-order valence-electron chi connectivity index (χ2n) is 8.94. The Morgan fingerprint density at radius 2 is 1.93 bits per heavy atom. The van der Waals surface area contributed by atoms with E-state index < -0.39 is 0 Å². The summed E-state index contributed by atoms with van der Waals surface area (Å²) in [5.41, 5.74) is 0.621. The Morgan fingerprint density at radius 3 is 2.60 bits per heavy atom. The second kappa shape index (κ2) is 10.1. The Hall–Kier alpha value is -2.37. The van der Waals surface area contributed by atoms with Crippen molar-refractivity contribution in [2.75, 3.05) is 6.54 Å². The zero-order chi connectivity index (χ0) is 21.7. The van der Waals surface area contributed by atoms with Crippen LogP contribution < -0.4 is 10.9 Å². The number of urea groups is 1. The Kier molecular flexibility index (Phi) is 7.51. The summed E-state index contributed by atoms with van der Waals surface area (Å²) in [5, 5.41) is 3.88. The van der Waals surface area contributed by atoms with Gasteiger partial charge in [0.2, 0.25) is 0 Å². The summed E-state index contributed by atoms with van der Waals surface area (Å²) in [5.74, 6) is 1.14. The zero-order valence-electron chi connectivity index (χ0n) is 18.9. The largest absolute Gasteiger partial charge is 0.335 e. The number of fused-ring (bicyclic) bond motifs is 1. The lowest BCUT2D eigenvalue weighted by Crippen LogP contribution is -2.48. The highest BCUT2D eigenvalue weighted by molar-refractivity contribution is 5.78. The minimum Gasteiger partial charge on any atom is -0.335 e. The zero-order valence-corrected chi connectivity index (χ0v) is 18.9. The molecule has 2 amide bonds. The van der Waals surface area contributed by atoms with Gasteiger partial charge in [-0.2, -0.15) is 0 Å². The molecule has 6 nitrogen and oxygen atoms in total. The molecule has 1 aromatic heterocycles. The van der Waals surface area contributed by atoms with Crippen LogP contribution in [-0.4, -0.2) is 33.1 Å². The number of benzene rings is 1. The van der Waals surface area contributed by atoms with Crippen LogP contribution in [0.25, 0.3) is 10.9 Å². The van der Waals surface area contributed by atoms with E-state index in [0.29, 0.717) is 35.6 Å². The predicted octanol–water partition coefficient (Wildman–Crippen LogP) is 4.78. The lowest BCUT2D eigenvalue weighted by Gasteiger charge is -2.34. The molecule has 1 aliphatic carbocycles. The first-order valence-electron chi connectivity index (χ1n) is 11.4. The average Bonchev–Trinajstić information content (AvgIpc) is 2.74. The van der Waals surface area contributed by atoms with Crippen molar-refractivity contribution in [1.82, 2.24) is 19.8 Å². The number of aromatic nitrogens is 2. The Bertz CT molecular complexity index is 915. The van der Waals surface area contributed by atoms with E-state index in [1.54, 1.807) is 11.6 Å². The summed E-state index contributed by atoms with van der Waals surface area (Å²) in [7, 11) is 1.76. The summed E-state index contributed by atoms with van der Waals surface area (Å²) in [6.07, 6.45) is 7.32. The lowest BCUT2D eigenvalue weighted by atomic mass is 9.95. The standard InChI is InChI=1S/C24H36N4O2/c1-5-21(22-26-20-14-10-9-13-19(20)23(29)27(22)4)28(16-15-17(2)3)24(30)25-18-11-7-6-8-12-18/h9-10,13-14,17-18,21H,5-8,11-12,15-16H2,1-4H3,(H,25,30). The fourth-order valence-corrected chi connectivity index (χ4v) is 4.38. The van der Waals surface area contributed by atoms with Crippen LogP contribution in [-0.2, 0) is 7.05 Å². The minimum absolute atomic E-state index is 0.0307. The van der Waals surface area contributed by atoms with Crippen LogP contribution in [0.1, 0.15) is 77.6 Å². The van der Waals surface area contributed by atoms with Crippen LogP contribution in [0.3, 0.4) is 0 Å². The molecule has 0 saturated heterocycles. The van der Waals surface area contributed by atoms with E-state index >= 15 is 0 Å². The van der Waals surface area contributed by atoms with Crippen LogP contribution >= 0.6 is 0 Å². The average molecular weight is 413 g/mol. The Morgan fingerprint density at radius 1 is 1.23 bits per heavy atom. The second-order valence-corrected chi connectivity index (χ2v) is 8.94. The van der Waals surface area contributed by atoms with Crippen molar-refractivity contribution in [2.45, 2.75) is 77.8 Å². The fourth-order valence-electron chi connectivity index (χ4n) is 4.38. The normalized spacial score (nSPS) is 16.0. The first-order chi connectivity index (χ1) is 14.4. The molecular weight excluding hydrogens is 376 g/mol. The van der Waals surface area contributed by atoms with E-state index in [2.05, 4.69) is 26.1 Å². The highest BCUT2D eigenvalue weighted by atomic mass is 16.2. The van der Waals surface area contributed by atoms with Gasteiger partial charge in [0.05, 0.1) is 16.9 Å². The van der Waals surface area contributed by atoms with Gasteiger partial charge in [0.15, 0.2) is 0 Å². The van der Waals surface area contributed by atoms with Crippen molar-refractivity contribution >= 4 is 16.9 Å². The van der Waals surface area contributed by atoms with Gasteiger partial charge in [-0.1, -0.05) is 52.2 Å². The topological polar surface area (TPSA) is 67.2 Å². The van der Waals surface area contributed by atoms with E-state index in [9.17, 15) is 9.59 Å². The van der Waals surface area contributed by atoms with Crippen LogP contribution in [0, 0.1) is 5.92 Å². The third-order valence-corrected chi connectivity index (χ3v) is 6.22. The lowest BCUT2D eigenvalue weighted by molar-refractivity contribution is 0.157. The highest BCUT2D eigenvalue weighted by Crippen LogP contribution is 2.25. The Balaban J connectivity index is 1.95. The molecule has 1 N–H and O–H groups in total. The van der Waals surface area contributed by atoms with Gasteiger partial charge < -0.3 is 10.2 Å². The van der Waals surface area contributed by atoms with Crippen molar-refractivity contribution in [2.24, 2.45) is 13.0 Å². The SMILES string of the molecule is CCC(c1nc2ccccc2c(=O)n1C)N(CCC(C)C)C(=O)NC1CCCCC1. The van der Waals surface area contributed by atoms with Crippen molar-refractivity contribution in [3.8, 4) is 0 Å². The van der Waals surface area contributed by atoms with Crippen molar-refractivity contribution in [3.63, 3.8) is 0 Å². The van der Waals surface area contributed by atoms with E-state index in [4.69, 9.17) is 4.98 Å². The van der Waals surface area contributed by atoms with Gasteiger partial charge in [-0.3, -0.25) is 9.36 Å². The number of carbonyl (C=O) groups is 1. The third kappa shape index (κ3) is 5.02. The van der Waals surface area contributed by atoms with Gasteiger partial charge in [-0.15, -0.1) is 0 Å². The minimum atomic E-state index is -0.241. The third-order valence-electron chi connectivity index (χ3n) is 6.22. The number of para-hydroxylation sites is 1. The molecule has 0 radical (unpaired) electrons. The van der Waals surface area contributed by atoms with Gasteiger partial charge in [-0.25, -0.2) is 9.78 Å². The number of carbonyl (C=O) groups excluding carboxylic acids is 1. The highest BCUT2D eigenvalue weighted by Gasteiger charge is 2.29. The van der Waals surface area contributed by atoms with E-state index in [1.165, 1.54) is 19.3 Å². The monoisotopic (exact) mass is 412 g/mol. The molecule has 1 unspecified atom stereocenters. The van der Waals surface area contributed by atoms with Crippen molar-refractivity contribution in [1.29, 1.82) is 0 Å². The van der Waals surface area contributed by atoms with Crippen LogP contribution in [0.4, 0.5) is 4.79 Å². The maximum Gasteiger partial charge on any atom is 0.318 e. The number of nitrogens with zero attached hydrogens (tertiary/aromatic N) is 3. The molecule has 0 aliphatic heterocycles. The van der Waals surface area contributed by atoms with Gasteiger partial charge in [0.25, 0.3) is 5.56 Å². The van der Waals surface area contributed by atoms with Gasteiger partial charge >= 0.3 is 6.03 Å². The van der Waals surface area contributed by atoms with Crippen LogP contribution in [0.5, 0.6) is 0 Å². The molecule has 164 valence electrons. The molecular formula is C24H36N4O2. The quantitative estimate of drug-likeness (QED) is 0.712. The summed E-state index contributed by atoms with van der Waals surface area (Å²) in [4.78, 5) is 33.0. The van der Waals surface area contributed by atoms with Crippen molar-refractivity contribution < 1.29 is 4.79 Å². The maximum atomic E-state index is 13.4. The first-order valence-corrected chi connectivity index (χ1v) is 11.4. The molecule has 1 heterocycles. The summed E-state index contributed by atoms with van der Waals surface area (Å²) >= 11 is 0. The molecule has 2 aromatic rings. The number of hydrogen-bond donors (Lipinski definition) is 1. The summed E-state index contributed by atoms with van der Waals surface area (Å²) in [6, 6.07) is 7.40. The van der Waals surface area contributed by atoms with E-state index in [0.717, 1.165) is 19.3 Å². The van der Waals surface area contributed by atoms with Gasteiger partial charge in [0.1, 0.15) is 5.82 Å². The van der Waals surface area contributed by atoms with Crippen LogP contribution in [0.2, 0.25) is 0 Å². The number of rotatable bonds is 7. The van der Waals surface area contributed by atoms with E-state index in [-0.39, 0.29) is 23.7 Å². The molecule has 6 heteroatoms. The molecule has 0 spiro atoms. The molecule has 1 aliphatic rings. The molecule has 30 heavy (non-hydrogen) atoms. The fraction of sp³-hybridized carbons (Fsp3) is 0.625. The smallest absolute Gasteiger partial charge is 0.318 e. The maximum absolute atomic E-state index is 13.4. The summed E-state index contributed by atoms with van der Waals surface area (Å²) < 4.78 is 1.62. The molecule has 1 atom stereocenters. The van der Waals surface area contributed by atoms with Gasteiger partial charge in [0, 0.05) is 19.6 Å².